The summed E-state index contributed by atoms with van der Waals surface area (Å²) in [6, 6.07) is 2.32. The van der Waals surface area contributed by atoms with Gasteiger partial charge >= 0.3 is 0 Å². The number of hydrogen-bond donors (Lipinski definition) is 2. The van der Waals surface area contributed by atoms with Crippen LogP contribution in [0.4, 0.5) is 5.95 Å². The van der Waals surface area contributed by atoms with Crippen LogP contribution in [-0.4, -0.2) is 40.9 Å². The molecule has 0 spiro atoms. The van der Waals surface area contributed by atoms with Gasteiger partial charge in [0.15, 0.2) is 10.5 Å². The first kappa shape index (κ1) is 11.7. The highest BCUT2D eigenvalue weighted by Crippen LogP contribution is 2.27. The zero-order valence-electron chi connectivity index (χ0n) is 9.98. The number of anilines is 1. The van der Waals surface area contributed by atoms with Crippen LogP contribution >= 0.6 is 15.9 Å². The van der Waals surface area contributed by atoms with E-state index in [0.29, 0.717) is 10.7 Å². The zero-order chi connectivity index (χ0) is 12.5. The van der Waals surface area contributed by atoms with Crippen LogP contribution in [-0.2, 0) is 0 Å². The number of nitrogens with one attached hydrogen (secondary N) is 2. The molecule has 1 saturated heterocycles. The van der Waals surface area contributed by atoms with Crippen LogP contribution in [0.5, 0.6) is 0 Å². The minimum absolute atomic E-state index is 0.460. The van der Waals surface area contributed by atoms with Gasteiger partial charge in [0.25, 0.3) is 0 Å². The van der Waals surface area contributed by atoms with E-state index in [9.17, 15) is 0 Å². The fourth-order valence-electron chi connectivity index (χ4n) is 2.09. The molecule has 3 rings (SSSR count). The Balaban J connectivity index is 1.83. The molecule has 2 aromatic rings. The largest absolute Gasteiger partial charge is 0.457 e. The molecule has 0 unspecified atom stereocenters. The first-order valence-corrected chi connectivity index (χ1v) is 6.67. The molecule has 1 fully saturated rings. The van der Waals surface area contributed by atoms with Crippen molar-refractivity contribution in [1.82, 2.24) is 20.5 Å². The Kier molecular flexibility index (Phi) is 3.09. The van der Waals surface area contributed by atoms with E-state index in [1.54, 1.807) is 6.26 Å². The Labute approximate surface area is 113 Å². The number of furan rings is 1. The lowest BCUT2D eigenvalue weighted by Crippen LogP contribution is -2.49. The number of H-pyrrole nitrogens is 1. The molecule has 1 aliphatic heterocycles. The molecule has 2 aromatic heterocycles. The van der Waals surface area contributed by atoms with Crippen molar-refractivity contribution in [2.45, 2.75) is 13.0 Å². The molecule has 0 saturated carbocycles. The van der Waals surface area contributed by atoms with Crippen molar-refractivity contribution in [2.24, 2.45) is 0 Å². The number of hydrogen-bond acceptors (Lipinski definition) is 5. The second-order valence-electron chi connectivity index (χ2n) is 4.39. The van der Waals surface area contributed by atoms with Gasteiger partial charge in [-0.1, -0.05) is 0 Å². The van der Waals surface area contributed by atoms with Crippen LogP contribution in [0, 0.1) is 0 Å². The molecule has 0 aromatic carbocycles. The second-order valence-corrected chi connectivity index (χ2v) is 5.11. The van der Waals surface area contributed by atoms with Gasteiger partial charge in [-0.25, -0.2) is 0 Å². The maximum absolute atomic E-state index is 5.20. The van der Waals surface area contributed by atoms with Gasteiger partial charge in [-0.3, -0.25) is 5.10 Å². The summed E-state index contributed by atoms with van der Waals surface area (Å²) in [6.07, 6.45) is 1.62. The van der Waals surface area contributed by atoms with Crippen LogP contribution in [0.15, 0.2) is 21.4 Å². The van der Waals surface area contributed by atoms with Crippen molar-refractivity contribution in [3.8, 4) is 11.4 Å². The molecule has 0 radical (unpaired) electrons. The number of piperazine rings is 1. The molecule has 0 bridgehead atoms. The van der Waals surface area contributed by atoms with Gasteiger partial charge in [0.05, 0.1) is 11.8 Å². The van der Waals surface area contributed by atoms with E-state index in [1.807, 2.05) is 6.07 Å². The van der Waals surface area contributed by atoms with Crippen LogP contribution < -0.4 is 10.2 Å². The molecule has 2 N–H and O–H groups in total. The summed E-state index contributed by atoms with van der Waals surface area (Å²) in [5.74, 6) is 1.46. The predicted octanol–water partition coefficient (Wildman–Crippen LogP) is 1.63. The lowest BCUT2D eigenvalue weighted by atomic mass is 10.2. The van der Waals surface area contributed by atoms with Crippen molar-refractivity contribution in [3.05, 3.63) is 17.0 Å². The van der Waals surface area contributed by atoms with Crippen LogP contribution in [0.1, 0.15) is 6.92 Å². The highest BCUT2D eigenvalue weighted by Gasteiger charge is 2.20. The van der Waals surface area contributed by atoms with Crippen molar-refractivity contribution in [2.75, 3.05) is 24.5 Å². The smallest absolute Gasteiger partial charge is 0.245 e. The summed E-state index contributed by atoms with van der Waals surface area (Å²) in [5.41, 5.74) is 0.886. The Hall–Kier alpha value is -1.34. The summed E-state index contributed by atoms with van der Waals surface area (Å²) in [7, 11) is 0. The molecule has 7 heteroatoms. The highest BCUT2D eigenvalue weighted by atomic mass is 79.9. The highest BCUT2D eigenvalue weighted by molar-refractivity contribution is 9.10. The van der Waals surface area contributed by atoms with Gasteiger partial charge < -0.3 is 14.6 Å². The summed E-state index contributed by atoms with van der Waals surface area (Å²) >= 11 is 3.34. The van der Waals surface area contributed by atoms with Crippen molar-refractivity contribution in [3.63, 3.8) is 0 Å². The maximum Gasteiger partial charge on any atom is 0.245 e. The monoisotopic (exact) mass is 311 g/mol. The van der Waals surface area contributed by atoms with E-state index < -0.39 is 0 Å². The van der Waals surface area contributed by atoms with E-state index >= 15 is 0 Å². The molecule has 6 nitrogen and oxygen atoms in total. The summed E-state index contributed by atoms with van der Waals surface area (Å²) < 4.78 is 5.86. The topological polar surface area (TPSA) is 70.0 Å². The number of nitrogens with zero attached hydrogens (tertiary/aromatic N) is 3. The molecular weight excluding hydrogens is 298 g/mol. The number of aromatic amines is 1. The molecule has 18 heavy (non-hydrogen) atoms. The Morgan fingerprint density at radius 1 is 1.56 bits per heavy atom. The molecule has 3 heterocycles. The summed E-state index contributed by atoms with van der Waals surface area (Å²) in [6.45, 7) is 4.96. The molecule has 1 aliphatic rings. The van der Waals surface area contributed by atoms with Crippen molar-refractivity contribution >= 4 is 21.9 Å². The van der Waals surface area contributed by atoms with Crippen molar-refractivity contribution in [1.29, 1.82) is 0 Å². The van der Waals surface area contributed by atoms with Gasteiger partial charge in [0.1, 0.15) is 0 Å². The first-order valence-electron chi connectivity index (χ1n) is 5.88. The Morgan fingerprint density at radius 2 is 2.44 bits per heavy atom. The molecular formula is C11H14BrN5O. The molecule has 0 aliphatic carbocycles. The van der Waals surface area contributed by atoms with E-state index in [-0.39, 0.29) is 0 Å². The molecule has 96 valence electrons. The first-order chi connectivity index (χ1) is 8.74. The fraction of sp³-hybridized carbons (Fsp3) is 0.455. The lowest BCUT2D eigenvalue weighted by Gasteiger charge is -2.30. The standard InChI is InChI=1S/C11H14BrN5O/c1-7-6-17(4-3-13-7)11-14-10(15-16-11)8-2-5-18-9(8)12/h2,5,7,13H,3-4,6H2,1H3,(H,14,15,16)/t7-/m1/s1. The van der Waals surface area contributed by atoms with Gasteiger partial charge in [-0.2, -0.15) is 4.98 Å². The Morgan fingerprint density at radius 3 is 3.17 bits per heavy atom. The number of halogens is 1. The third-order valence-electron chi connectivity index (χ3n) is 3.00. The normalized spacial score (nSPS) is 20.3. The van der Waals surface area contributed by atoms with E-state index in [4.69, 9.17) is 4.42 Å². The van der Waals surface area contributed by atoms with E-state index in [1.165, 1.54) is 0 Å². The maximum atomic E-state index is 5.20. The molecule has 1 atom stereocenters. The van der Waals surface area contributed by atoms with E-state index in [0.717, 1.165) is 37.0 Å². The van der Waals surface area contributed by atoms with Gasteiger partial charge in [-0.05, 0) is 28.9 Å². The van der Waals surface area contributed by atoms with Gasteiger partial charge in [0, 0.05) is 25.7 Å². The predicted molar refractivity (Wildman–Crippen MR) is 71.5 cm³/mol. The summed E-state index contributed by atoms with van der Waals surface area (Å²) in [5, 5.41) is 10.6. The van der Waals surface area contributed by atoms with Gasteiger partial charge in [0.2, 0.25) is 5.95 Å². The van der Waals surface area contributed by atoms with Crippen LogP contribution in [0.25, 0.3) is 11.4 Å². The zero-order valence-corrected chi connectivity index (χ0v) is 11.6. The average Bonchev–Trinajstić information content (AvgIpc) is 2.97. The average molecular weight is 312 g/mol. The number of aromatic nitrogens is 3. The van der Waals surface area contributed by atoms with Gasteiger partial charge in [-0.15, -0.1) is 5.10 Å². The van der Waals surface area contributed by atoms with Crippen molar-refractivity contribution < 1.29 is 4.42 Å². The number of rotatable bonds is 2. The molecule has 0 amide bonds. The Bertz CT molecular complexity index is 537. The third-order valence-corrected chi connectivity index (χ3v) is 3.61. The minimum Gasteiger partial charge on any atom is -0.457 e. The van der Waals surface area contributed by atoms with Crippen LogP contribution in [0.2, 0.25) is 0 Å². The minimum atomic E-state index is 0.460. The summed E-state index contributed by atoms with van der Waals surface area (Å²) in [4.78, 5) is 6.69. The van der Waals surface area contributed by atoms with Crippen LogP contribution in [0.3, 0.4) is 0 Å². The third kappa shape index (κ3) is 2.15. The van der Waals surface area contributed by atoms with E-state index in [2.05, 4.69) is 48.3 Å². The SMILES string of the molecule is C[C@@H]1CN(c2n[nH]c(-c3ccoc3Br)n2)CCN1. The quantitative estimate of drug-likeness (QED) is 0.882. The fourth-order valence-corrected chi connectivity index (χ4v) is 2.52. The lowest BCUT2D eigenvalue weighted by molar-refractivity contribution is 0.480. The second kappa shape index (κ2) is 4.74.